The molecule has 1 aromatic rings. The fraction of sp³-hybridized carbons (Fsp3) is 0.750. The predicted molar refractivity (Wildman–Crippen MR) is 62.9 cm³/mol. The van der Waals surface area contributed by atoms with Crippen LogP contribution in [-0.4, -0.2) is 33.6 Å². The van der Waals surface area contributed by atoms with Crippen molar-refractivity contribution in [1.29, 1.82) is 0 Å². The molecule has 0 aromatic carbocycles. The molecule has 3 unspecified atom stereocenters. The van der Waals surface area contributed by atoms with Gasteiger partial charge in [0, 0.05) is 31.5 Å². The number of nitrogens with two attached hydrogens (primary N) is 1. The topological polar surface area (TPSA) is 47.1 Å². The molecule has 2 N–H and O–H groups in total. The summed E-state index contributed by atoms with van der Waals surface area (Å²) in [6.45, 7) is -0.125. The largest absolute Gasteiger partial charge is 0.327 e. The Morgan fingerprint density at radius 1 is 1.39 bits per heavy atom. The van der Waals surface area contributed by atoms with Gasteiger partial charge in [0.2, 0.25) is 0 Å². The molecule has 1 aromatic heterocycles. The molecule has 18 heavy (non-hydrogen) atoms. The van der Waals surface area contributed by atoms with Crippen molar-refractivity contribution in [2.24, 2.45) is 17.6 Å². The number of fused-ring (bicyclic) bond motifs is 1. The van der Waals surface area contributed by atoms with E-state index >= 15 is 0 Å². The molecule has 0 bridgehead atoms. The number of nitrogens with zero attached hydrogens (tertiary/aromatic N) is 3. The van der Waals surface area contributed by atoms with Gasteiger partial charge in [-0.05, 0) is 24.7 Å². The summed E-state index contributed by atoms with van der Waals surface area (Å²) in [6.07, 6.45) is 5.05. The molecular weight excluding hydrogens is 238 g/mol. The summed E-state index contributed by atoms with van der Waals surface area (Å²) in [5.74, 6) is 1.63. The minimum absolute atomic E-state index is 0.287. The Morgan fingerprint density at radius 3 is 2.94 bits per heavy atom. The van der Waals surface area contributed by atoms with Gasteiger partial charge in [0.1, 0.15) is 5.82 Å². The Kier molecular flexibility index (Phi) is 3.07. The first kappa shape index (κ1) is 12.0. The summed E-state index contributed by atoms with van der Waals surface area (Å²) >= 11 is 0. The van der Waals surface area contributed by atoms with Crippen molar-refractivity contribution in [1.82, 2.24) is 14.5 Å². The molecule has 2 heterocycles. The van der Waals surface area contributed by atoms with Crippen LogP contribution in [0.1, 0.15) is 25.2 Å². The second-order valence-electron chi connectivity index (χ2n) is 5.39. The summed E-state index contributed by atoms with van der Waals surface area (Å²) in [7, 11) is 0. The molecule has 0 amide bonds. The molecule has 2 fully saturated rings. The van der Waals surface area contributed by atoms with E-state index in [1.807, 2.05) is 0 Å². The third kappa shape index (κ3) is 2.03. The Labute approximate surface area is 105 Å². The van der Waals surface area contributed by atoms with E-state index in [0.29, 0.717) is 24.2 Å². The van der Waals surface area contributed by atoms with Crippen LogP contribution in [0, 0.1) is 11.8 Å². The summed E-state index contributed by atoms with van der Waals surface area (Å²) in [6, 6.07) is 0.287. The molecule has 2 aliphatic rings. The Balaban J connectivity index is 1.66. The van der Waals surface area contributed by atoms with Crippen LogP contribution in [0.2, 0.25) is 0 Å². The number of alkyl halides is 2. The Hall–Kier alpha value is -1.01. The van der Waals surface area contributed by atoms with Crippen LogP contribution in [0.15, 0.2) is 12.4 Å². The molecule has 1 saturated carbocycles. The molecule has 3 atom stereocenters. The second-order valence-corrected chi connectivity index (χ2v) is 5.39. The number of aromatic nitrogens is 2. The number of hydrogen-bond acceptors (Lipinski definition) is 3. The van der Waals surface area contributed by atoms with E-state index in [0.717, 1.165) is 24.1 Å². The highest BCUT2D eigenvalue weighted by Crippen LogP contribution is 2.37. The van der Waals surface area contributed by atoms with Crippen molar-refractivity contribution < 1.29 is 8.78 Å². The fourth-order valence-corrected chi connectivity index (χ4v) is 3.37. The first-order valence-corrected chi connectivity index (χ1v) is 6.43. The van der Waals surface area contributed by atoms with E-state index in [9.17, 15) is 8.78 Å². The van der Waals surface area contributed by atoms with Gasteiger partial charge in [0.25, 0.3) is 0 Å². The van der Waals surface area contributed by atoms with E-state index in [1.165, 1.54) is 18.8 Å². The zero-order valence-corrected chi connectivity index (χ0v) is 10.2. The average molecular weight is 256 g/mol. The van der Waals surface area contributed by atoms with E-state index in [4.69, 9.17) is 5.73 Å². The van der Waals surface area contributed by atoms with Crippen LogP contribution in [0.3, 0.4) is 0 Å². The first-order valence-electron chi connectivity index (χ1n) is 6.43. The van der Waals surface area contributed by atoms with Gasteiger partial charge in [-0.2, -0.15) is 8.78 Å². The van der Waals surface area contributed by atoms with Crippen LogP contribution >= 0.6 is 0 Å². The van der Waals surface area contributed by atoms with Crippen molar-refractivity contribution in [3.8, 4) is 0 Å². The SMILES string of the molecule is NC1CCC2CN(Cc3nccn3C(F)F)CC12. The van der Waals surface area contributed by atoms with Gasteiger partial charge < -0.3 is 5.73 Å². The lowest BCUT2D eigenvalue weighted by Gasteiger charge is -2.18. The zero-order chi connectivity index (χ0) is 12.7. The standard InChI is InChI=1S/C12H18F2N4/c13-12(14)18-4-3-16-11(18)7-17-5-8-1-2-10(15)9(8)6-17/h3-4,8-10,12H,1-2,5-7,15H2. The second kappa shape index (κ2) is 4.59. The number of rotatable bonds is 3. The fourth-order valence-electron chi connectivity index (χ4n) is 3.37. The minimum atomic E-state index is -2.51. The monoisotopic (exact) mass is 256 g/mol. The molecule has 100 valence electrons. The highest BCUT2D eigenvalue weighted by atomic mass is 19.3. The third-order valence-electron chi connectivity index (χ3n) is 4.31. The molecule has 1 aliphatic heterocycles. The van der Waals surface area contributed by atoms with Crippen molar-refractivity contribution in [3.63, 3.8) is 0 Å². The molecule has 0 radical (unpaired) electrons. The van der Waals surface area contributed by atoms with Gasteiger partial charge >= 0.3 is 6.55 Å². The third-order valence-corrected chi connectivity index (χ3v) is 4.31. The lowest BCUT2D eigenvalue weighted by molar-refractivity contribution is 0.0643. The van der Waals surface area contributed by atoms with Crippen molar-refractivity contribution in [3.05, 3.63) is 18.2 Å². The quantitative estimate of drug-likeness (QED) is 0.890. The molecule has 1 saturated heterocycles. The van der Waals surface area contributed by atoms with Gasteiger partial charge in [-0.1, -0.05) is 0 Å². The van der Waals surface area contributed by atoms with Gasteiger partial charge in [0.05, 0.1) is 6.54 Å². The average Bonchev–Trinajstić information content (AvgIpc) is 2.98. The van der Waals surface area contributed by atoms with Crippen molar-refractivity contribution in [2.75, 3.05) is 13.1 Å². The van der Waals surface area contributed by atoms with Crippen LogP contribution < -0.4 is 5.73 Å². The highest BCUT2D eigenvalue weighted by molar-refractivity contribution is 4.99. The van der Waals surface area contributed by atoms with Gasteiger partial charge in [-0.25, -0.2) is 4.98 Å². The maximum atomic E-state index is 12.7. The number of imidazole rings is 1. The molecular formula is C12H18F2N4. The maximum absolute atomic E-state index is 12.7. The Morgan fingerprint density at radius 2 is 2.22 bits per heavy atom. The van der Waals surface area contributed by atoms with E-state index in [2.05, 4.69) is 9.88 Å². The van der Waals surface area contributed by atoms with Gasteiger partial charge in [-0.15, -0.1) is 0 Å². The predicted octanol–water partition coefficient (Wildman–Crippen LogP) is 1.45. The normalized spacial score (nSPS) is 32.3. The van der Waals surface area contributed by atoms with E-state index < -0.39 is 6.55 Å². The summed E-state index contributed by atoms with van der Waals surface area (Å²) in [5, 5.41) is 0. The lowest BCUT2D eigenvalue weighted by Crippen LogP contribution is -2.30. The smallest absolute Gasteiger partial charge is 0.319 e. The van der Waals surface area contributed by atoms with Crippen molar-refractivity contribution >= 4 is 0 Å². The van der Waals surface area contributed by atoms with Crippen LogP contribution in [0.5, 0.6) is 0 Å². The highest BCUT2D eigenvalue weighted by Gasteiger charge is 2.41. The van der Waals surface area contributed by atoms with E-state index in [-0.39, 0.29) is 6.04 Å². The summed E-state index contributed by atoms with van der Waals surface area (Å²) in [4.78, 5) is 6.23. The minimum Gasteiger partial charge on any atom is -0.327 e. The van der Waals surface area contributed by atoms with Crippen LogP contribution in [0.4, 0.5) is 8.78 Å². The molecule has 1 aliphatic carbocycles. The summed E-state index contributed by atoms with van der Waals surface area (Å²) in [5.41, 5.74) is 6.07. The zero-order valence-electron chi connectivity index (χ0n) is 10.2. The number of hydrogen-bond donors (Lipinski definition) is 1. The molecule has 6 heteroatoms. The van der Waals surface area contributed by atoms with E-state index in [1.54, 1.807) is 0 Å². The van der Waals surface area contributed by atoms with Gasteiger partial charge in [-0.3, -0.25) is 9.47 Å². The van der Waals surface area contributed by atoms with Gasteiger partial charge in [0.15, 0.2) is 0 Å². The first-order chi connectivity index (χ1) is 8.65. The molecule has 3 rings (SSSR count). The summed E-state index contributed by atoms with van der Waals surface area (Å²) < 4.78 is 26.4. The lowest BCUT2D eigenvalue weighted by atomic mass is 9.98. The maximum Gasteiger partial charge on any atom is 0.319 e. The number of likely N-dealkylation sites (tertiary alicyclic amines) is 1. The van der Waals surface area contributed by atoms with Crippen molar-refractivity contribution in [2.45, 2.75) is 32.0 Å². The van der Waals surface area contributed by atoms with Crippen LogP contribution in [-0.2, 0) is 6.54 Å². The molecule has 4 nitrogen and oxygen atoms in total. The number of halogens is 2. The Bertz CT molecular complexity index is 420. The molecule has 0 spiro atoms. The van der Waals surface area contributed by atoms with Crippen LogP contribution in [0.25, 0.3) is 0 Å².